The number of pyridine rings is 1. The van der Waals surface area contributed by atoms with Crippen LogP contribution in [-0.2, 0) is 11.8 Å². The monoisotopic (exact) mass is 287 g/mol. The van der Waals surface area contributed by atoms with Gasteiger partial charge in [-0.15, -0.1) is 0 Å². The third-order valence-corrected chi connectivity index (χ3v) is 4.34. The van der Waals surface area contributed by atoms with E-state index in [4.69, 9.17) is 0 Å². The first-order chi connectivity index (χ1) is 9.24. The molecule has 1 N–H and O–H groups in total. The molecular weight excluding hydrogens is 267 g/mol. The second-order valence-electron chi connectivity index (χ2n) is 6.05. The minimum absolute atomic E-state index is 0.0714. The van der Waals surface area contributed by atoms with Crippen molar-refractivity contribution in [1.29, 1.82) is 0 Å². The predicted molar refractivity (Wildman–Crippen MR) is 69.9 cm³/mol. The Balaban J connectivity index is 2.39. The maximum absolute atomic E-state index is 13.1. The Labute approximate surface area is 117 Å². The average Bonchev–Trinajstić information content (AvgIpc) is 2.38. The molecule has 2 unspecified atom stereocenters. The summed E-state index contributed by atoms with van der Waals surface area (Å²) in [6.45, 7) is 4.09. The van der Waals surface area contributed by atoms with Crippen LogP contribution in [0.15, 0.2) is 18.5 Å². The van der Waals surface area contributed by atoms with E-state index < -0.39 is 17.3 Å². The molecule has 1 aliphatic rings. The Morgan fingerprint density at radius 2 is 2.10 bits per heavy atom. The zero-order valence-corrected chi connectivity index (χ0v) is 11.7. The highest BCUT2D eigenvalue weighted by atomic mass is 19.4. The molecule has 1 aromatic rings. The zero-order valence-electron chi connectivity index (χ0n) is 11.7. The lowest BCUT2D eigenvalue weighted by molar-refractivity contribution is -0.142. The van der Waals surface area contributed by atoms with E-state index in [0.717, 1.165) is 25.1 Å². The van der Waals surface area contributed by atoms with Crippen molar-refractivity contribution in [2.24, 2.45) is 11.8 Å². The van der Waals surface area contributed by atoms with Crippen LogP contribution in [0.5, 0.6) is 0 Å². The number of alkyl halides is 3. The van der Waals surface area contributed by atoms with Gasteiger partial charge in [0.15, 0.2) is 0 Å². The van der Waals surface area contributed by atoms with Gasteiger partial charge in [-0.3, -0.25) is 4.98 Å². The molecule has 2 atom stereocenters. The second kappa shape index (κ2) is 5.35. The Kier molecular flexibility index (Phi) is 4.09. The van der Waals surface area contributed by atoms with Crippen molar-refractivity contribution in [1.82, 2.24) is 4.98 Å². The molecule has 1 aromatic heterocycles. The maximum Gasteiger partial charge on any atom is 0.416 e. The van der Waals surface area contributed by atoms with Gasteiger partial charge in [-0.1, -0.05) is 13.8 Å². The highest BCUT2D eigenvalue weighted by molar-refractivity contribution is 5.32. The first kappa shape index (κ1) is 15.3. The van der Waals surface area contributed by atoms with Crippen LogP contribution in [0.25, 0.3) is 0 Å². The van der Waals surface area contributed by atoms with Gasteiger partial charge in [-0.25, -0.2) is 0 Å². The van der Waals surface area contributed by atoms with Crippen molar-refractivity contribution in [2.45, 2.75) is 51.3 Å². The van der Waals surface area contributed by atoms with Crippen molar-refractivity contribution >= 4 is 0 Å². The zero-order chi connectivity index (χ0) is 15.0. The molecule has 5 heteroatoms. The molecule has 20 heavy (non-hydrogen) atoms. The van der Waals surface area contributed by atoms with E-state index in [2.05, 4.69) is 4.98 Å². The lowest BCUT2D eigenvalue weighted by atomic mass is 9.70. The Morgan fingerprint density at radius 1 is 1.40 bits per heavy atom. The van der Waals surface area contributed by atoms with E-state index in [1.165, 1.54) is 6.20 Å². The first-order valence-corrected chi connectivity index (χ1v) is 6.98. The van der Waals surface area contributed by atoms with Gasteiger partial charge < -0.3 is 5.11 Å². The number of nitrogens with zero attached hydrogens (tertiary/aromatic N) is 1. The fourth-order valence-corrected chi connectivity index (χ4v) is 3.12. The highest BCUT2D eigenvalue weighted by Crippen LogP contribution is 2.46. The average molecular weight is 287 g/mol. The summed E-state index contributed by atoms with van der Waals surface area (Å²) < 4.78 is 39.3. The van der Waals surface area contributed by atoms with Crippen LogP contribution >= 0.6 is 0 Å². The molecule has 0 saturated heterocycles. The number of aliphatic hydroxyl groups is 1. The van der Waals surface area contributed by atoms with Crippen molar-refractivity contribution in [3.8, 4) is 0 Å². The standard InChI is InChI=1S/C15H20F3NO/c1-10(2)11-4-3-6-14(20,8-11)13-9-19-7-5-12(13)15(16,17)18/h5,7,9-11,20H,3-4,6,8H2,1-2H3. The van der Waals surface area contributed by atoms with Crippen LogP contribution in [0.4, 0.5) is 13.2 Å². The molecule has 1 heterocycles. The Morgan fingerprint density at radius 3 is 2.70 bits per heavy atom. The van der Waals surface area contributed by atoms with Crippen LogP contribution < -0.4 is 0 Å². The van der Waals surface area contributed by atoms with E-state index in [1.54, 1.807) is 0 Å². The number of aromatic nitrogens is 1. The summed E-state index contributed by atoms with van der Waals surface area (Å²) in [5.41, 5.74) is -2.25. The highest BCUT2D eigenvalue weighted by Gasteiger charge is 2.43. The molecule has 1 aliphatic carbocycles. The van der Waals surface area contributed by atoms with Crippen LogP contribution in [0, 0.1) is 11.8 Å². The smallest absolute Gasteiger partial charge is 0.385 e. The van der Waals surface area contributed by atoms with Crippen molar-refractivity contribution in [2.75, 3.05) is 0 Å². The van der Waals surface area contributed by atoms with E-state index in [0.29, 0.717) is 18.8 Å². The molecule has 0 bridgehead atoms. The summed E-state index contributed by atoms with van der Waals surface area (Å²) in [4.78, 5) is 3.79. The molecule has 2 rings (SSSR count). The summed E-state index contributed by atoms with van der Waals surface area (Å²) in [6, 6.07) is 0.951. The largest absolute Gasteiger partial charge is 0.416 e. The summed E-state index contributed by atoms with van der Waals surface area (Å²) in [7, 11) is 0. The topological polar surface area (TPSA) is 33.1 Å². The van der Waals surface area contributed by atoms with Gasteiger partial charge in [0.05, 0.1) is 11.2 Å². The Hall–Kier alpha value is -1.10. The molecule has 112 valence electrons. The molecule has 1 fully saturated rings. The molecule has 0 aliphatic heterocycles. The fraction of sp³-hybridized carbons (Fsp3) is 0.667. The molecule has 0 spiro atoms. The van der Waals surface area contributed by atoms with Crippen LogP contribution in [-0.4, -0.2) is 10.1 Å². The van der Waals surface area contributed by atoms with Crippen LogP contribution in [0.1, 0.15) is 50.7 Å². The second-order valence-corrected chi connectivity index (χ2v) is 6.05. The normalized spacial score (nSPS) is 27.9. The van der Waals surface area contributed by atoms with E-state index >= 15 is 0 Å². The molecular formula is C15H20F3NO. The molecule has 0 radical (unpaired) electrons. The van der Waals surface area contributed by atoms with Gasteiger partial charge in [-0.2, -0.15) is 13.2 Å². The van der Waals surface area contributed by atoms with Crippen molar-refractivity contribution in [3.63, 3.8) is 0 Å². The minimum Gasteiger partial charge on any atom is -0.385 e. The lowest BCUT2D eigenvalue weighted by Gasteiger charge is -2.39. The van der Waals surface area contributed by atoms with Gasteiger partial charge in [0, 0.05) is 18.0 Å². The van der Waals surface area contributed by atoms with Gasteiger partial charge in [-0.05, 0) is 43.6 Å². The fourth-order valence-electron chi connectivity index (χ4n) is 3.12. The van der Waals surface area contributed by atoms with Gasteiger partial charge in [0.1, 0.15) is 0 Å². The molecule has 0 aromatic carbocycles. The summed E-state index contributed by atoms with van der Waals surface area (Å²) >= 11 is 0. The molecule has 0 amide bonds. The van der Waals surface area contributed by atoms with E-state index in [1.807, 2.05) is 13.8 Å². The number of halogens is 3. The third-order valence-electron chi connectivity index (χ3n) is 4.34. The summed E-state index contributed by atoms with van der Waals surface area (Å²) in [6.07, 6.45) is 0.278. The van der Waals surface area contributed by atoms with Gasteiger partial charge in [0.2, 0.25) is 0 Å². The van der Waals surface area contributed by atoms with E-state index in [9.17, 15) is 18.3 Å². The minimum atomic E-state index is -4.46. The van der Waals surface area contributed by atoms with E-state index in [-0.39, 0.29) is 11.5 Å². The molecule has 1 saturated carbocycles. The Bertz CT molecular complexity index is 472. The van der Waals surface area contributed by atoms with Crippen LogP contribution in [0.2, 0.25) is 0 Å². The van der Waals surface area contributed by atoms with Crippen molar-refractivity contribution in [3.05, 3.63) is 29.6 Å². The van der Waals surface area contributed by atoms with Gasteiger partial charge in [0.25, 0.3) is 0 Å². The SMILES string of the molecule is CC(C)C1CCCC(O)(c2cnccc2C(F)(F)F)C1. The first-order valence-electron chi connectivity index (χ1n) is 6.98. The quantitative estimate of drug-likeness (QED) is 0.887. The third kappa shape index (κ3) is 2.97. The summed E-state index contributed by atoms with van der Waals surface area (Å²) in [5, 5.41) is 10.8. The number of rotatable bonds is 2. The van der Waals surface area contributed by atoms with Crippen molar-refractivity contribution < 1.29 is 18.3 Å². The predicted octanol–water partition coefficient (Wildman–Crippen LogP) is 4.13. The summed E-state index contributed by atoms with van der Waals surface area (Å²) in [5.74, 6) is 0.600. The lowest BCUT2D eigenvalue weighted by Crippen LogP contribution is -2.36. The molecule has 2 nitrogen and oxygen atoms in total. The van der Waals surface area contributed by atoms with Gasteiger partial charge >= 0.3 is 6.18 Å². The van der Waals surface area contributed by atoms with Crippen LogP contribution in [0.3, 0.4) is 0 Å². The maximum atomic E-state index is 13.1. The number of hydrogen-bond acceptors (Lipinski definition) is 2. The number of hydrogen-bond donors (Lipinski definition) is 1.